The van der Waals surface area contributed by atoms with Crippen LogP contribution in [0.1, 0.15) is 31.2 Å². The van der Waals surface area contributed by atoms with Crippen molar-refractivity contribution in [1.82, 2.24) is 4.98 Å². The standard InChI is InChI=1S/C12H17N3O.2ClH/c1-9-8-14-7-4-10(9)15-11(16)12(13)5-2-3-6-12;;/h4,7-8H,2-3,5-6,13H2,1H3,(H,14,15,16);2*1H. The molecule has 0 unspecified atom stereocenters. The van der Waals surface area contributed by atoms with Crippen molar-refractivity contribution in [3.05, 3.63) is 24.0 Å². The Labute approximate surface area is 120 Å². The lowest BCUT2D eigenvalue weighted by Gasteiger charge is -2.22. The van der Waals surface area contributed by atoms with Gasteiger partial charge in [0.15, 0.2) is 0 Å². The SMILES string of the molecule is Cc1cnccc1NC(=O)C1(N)CCCC1.Cl.Cl. The molecule has 2 rings (SSSR count). The fraction of sp³-hybridized carbons (Fsp3) is 0.500. The van der Waals surface area contributed by atoms with Gasteiger partial charge >= 0.3 is 0 Å². The minimum absolute atomic E-state index is 0. The number of rotatable bonds is 2. The maximum Gasteiger partial charge on any atom is 0.244 e. The Morgan fingerprint density at radius 3 is 2.56 bits per heavy atom. The van der Waals surface area contributed by atoms with Gasteiger partial charge in [-0.3, -0.25) is 9.78 Å². The van der Waals surface area contributed by atoms with Gasteiger partial charge in [-0.1, -0.05) is 12.8 Å². The quantitative estimate of drug-likeness (QED) is 0.879. The number of anilines is 1. The molecule has 0 atom stereocenters. The number of pyridine rings is 1. The van der Waals surface area contributed by atoms with Gasteiger partial charge < -0.3 is 11.1 Å². The fourth-order valence-electron chi connectivity index (χ4n) is 2.09. The highest BCUT2D eigenvalue weighted by atomic mass is 35.5. The van der Waals surface area contributed by atoms with Gasteiger partial charge in [-0.05, 0) is 31.4 Å². The number of carbonyl (C=O) groups excluding carboxylic acids is 1. The predicted molar refractivity (Wildman–Crippen MR) is 77.5 cm³/mol. The number of hydrogen-bond acceptors (Lipinski definition) is 3. The zero-order chi connectivity index (χ0) is 11.6. The summed E-state index contributed by atoms with van der Waals surface area (Å²) in [7, 11) is 0. The van der Waals surface area contributed by atoms with Crippen molar-refractivity contribution >= 4 is 36.4 Å². The van der Waals surface area contributed by atoms with E-state index in [9.17, 15) is 4.79 Å². The van der Waals surface area contributed by atoms with Crippen molar-refractivity contribution in [3.63, 3.8) is 0 Å². The van der Waals surface area contributed by atoms with Crippen molar-refractivity contribution in [2.75, 3.05) is 5.32 Å². The topological polar surface area (TPSA) is 68.0 Å². The number of aryl methyl sites for hydroxylation is 1. The lowest BCUT2D eigenvalue weighted by Crippen LogP contribution is -2.48. The molecule has 0 radical (unpaired) electrons. The van der Waals surface area contributed by atoms with Crippen molar-refractivity contribution < 1.29 is 4.79 Å². The molecule has 1 aromatic heterocycles. The normalized spacial score (nSPS) is 16.3. The summed E-state index contributed by atoms with van der Waals surface area (Å²) in [5.41, 5.74) is 7.16. The number of aromatic nitrogens is 1. The summed E-state index contributed by atoms with van der Waals surface area (Å²) < 4.78 is 0. The highest BCUT2D eigenvalue weighted by Crippen LogP contribution is 2.28. The molecule has 102 valence electrons. The summed E-state index contributed by atoms with van der Waals surface area (Å²) in [6, 6.07) is 1.80. The number of amides is 1. The molecule has 3 N–H and O–H groups in total. The molecular formula is C12H19Cl2N3O. The van der Waals surface area contributed by atoms with E-state index >= 15 is 0 Å². The first-order valence-electron chi connectivity index (χ1n) is 5.63. The molecule has 0 aromatic carbocycles. The predicted octanol–water partition coefficient (Wildman–Crippen LogP) is 2.44. The molecule has 1 aliphatic rings. The van der Waals surface area contributed by atoms with Gasteiger partial charge in [0.2, 0.25) is 5.91 Å². The first-order valence-corrected chi connectivity index (χ1v) is 5.63. The van der Waals surface area contributed by atoms with E-state index in [1.807, 2.05) is 6.92 Å². The first-order chi connectivity index (χ1) is 7.62. The average Bonchev–Trinajstić information content (AvgIpc) is 2.70. The largest absolute Gasteiger partial charge is 0.324 e. The lowest BCUT2D eigenvalue weighted by molar-refractivity contribution is -0.121. The summed E-state index contributed by atoms with van der Waals surface area (Å²) in [6.45, 7) is 1.92. The third-order valence-corrected chi connectivity index (χ3v) is 3.22. The molecule has 1 fully saturated rings. The number of carbonyl (C=O) groups is 1. The van der Waals surface area contributed by atoms with Gasteiger partial charge in [0.25, 0.3) is 0 Å². The monoisotopic (exact) mass is 291 g/mol. The van der Waals surface area contributed by atoms with Crippen LogP contribution in [0.4, 0.5) is 5.69 Å². The summed E-state index contributed by atoms with van der Waals surface area (Å²) in [5, 5.41) is 2.89. The molecule has 1 amide bonds. The molecule has 1 saturated carbocycles. The van der Waals surface area contributed by atoms with Crippen LogP contribution < -0.4 is 11.1 Å². The van der Waals surface area contributed by atoms with Crippen molar-refractivity contribution in [2.24, 2.45) is 5.73 Å². The fourth-order valence-corrected chi connectivity index (χ4v) is 2.09. The van der Waals surface area contributed by atoms with E-state index in [4.69, 9.17) is 5.73 Å². The van der Waals surface area contributed by atoms with E-state index in [1.165, 1.54) is 0 Å². The van der Waals surface area contributed by atoms with Gasteiger partial charge in [0.1, 0.15) is 0 Å². The molecule has 1 aromatic rings. The highest BCUT2D eigenvalue weighted by molar-refractivity contribution is 5.98. The van der Waals surface area contributed by atoms with E-state index in [1.54, 1.807) is 18.5 Å². The van der Waals surface area contributed by atoms with Crippen LogP contribution in [0, 0.1) is 6.92 Å². The Bertz CT molecular complexity index is 406. The number of hydrogen-bond donors (Lipinski definition) is 2. The van der Waals surface area contributed by atoms with Gasteiger partial charge in [-0.25, -0.2) is 0 Å². The Balaban J connectivity index is 0.00000144. The maximum atomic E-state index is 12.0. The van der Waals surface area contributed by atoms with Crippen molar-refractivity contribution in [2.45, 2.75) is 38.1 Å². The molecular weight excluding hydrogens is 273 g/mol. The molecule has 0 saturated heterocycles. The maximum absolute atomic E-state index is 12.0. The van der Waals surface area contributed by atoms with Crippen LogP contribution in [-0.4, -0.2) is 16.4 Å². The van der Waals surface area contributed by atoms with Crippen molar-refractivity contribution in [1.29, 1.82) is 0 Å². The zero-order valence-corrected chi connectivity index (χ0v) is 11.9. The third-order valence-electron chi connectivity index (χ3n) is 3.22. The molecule has 0 bridgehead atoms. The Hall–Kier alpha value is -0.840. The van der Waals surface area contributed by atoms with Crippen LogP contribution in [-0.2, 0) is 4.79 Å². The summed E-state index contributed by atoms with van der Waals surface area (Å²) in [6.07, 6.45) is 7.04. The van der Waals surface area contributed by atoms with E-state index in [2.05, 4.69) is 10.3 Å². The number of halogens is 2. The molecule has 1 aliphatic carbocycles. The van der Waals surface area contributed by atoms with Gasteiger partial charge in [0.05, 0.1) is 5.54 Å². The second kappa shape index (κ2) is 6.92. The zero-order valence-electron chi connectivity index (χ0n) is 10.3. The first kappa shape index (κ1) is 17.2. The van der Waals surface area contributed by atoms with Crippen LogP contribution in [0.25, 0.3) is 0 Å². The average molecular weight is 292 g/mol. The van der Waals surface area contributed by atoms with Gasteiger partial charge in [-0.15, -0.1) is 24.8 Å². The highest BCUT2D eigenvalue weighted by Gasteiger charge is 2.37. The van der Waals surface area contributed by atoms with E-state index in [0.717, 1.165) is 36.9 Å². The Morgan fingerprint density at radius 2 is 2.00 bits per heavy atom. The molecule has 1 heterocycles. The Morgan fingerprint density at radius 1 is 1.39 bits per heavy atom. The van der Waals surface area contributed by atoms with E-state index in [-0.39, 0.29) is 30.7 Å². The van der Waals surface area contributed by atoms with Crippen LogP contribution in [0.3, 0.4) is 0 Å². The molecule has 4 nitrogen and oxygen atoms in total. The van der Waals surface area contributed by atoms with Crippen LogP contribution in [0.5, 0.6) is 0 Å². The number of nitrogens with two attached hydrogens (primary N) is 1. The van der Waals surface area contributed by atoms with Crippen LogP contribution in [0.2, 0.25) is 0 Å². The van der Waals surface area contributed by atoms with Gasteiger partial charge in [-0.2, -0.15) is 0 Å². The van der Waals surface area contributed by atoms with Crippen LogP contribution in [0.15, 0.2) is 18.5 Å². The second-order valence-electron chi connectivity index (χ2n) is 4.51. The summed E-state index contributed by atoms with van der Waals surface area (Å²) in [4.78, 5) is 16.0. The second-order valence-corrected chi connectivity index (χ2v) is 4.51. The smallest absolute Gasteiger partial charge is 0.244 e. The molecule has 6 heteroatoms. The Kier molecular flexibility index (Phi) is 6.60. The number of nitrogens with zero attached hydrogens (tertiary/aromatic N) is 1. The summed E-state index contributed by atoms with van der Waals surface area (Å²) >= 11 is 0. The van der Waals surface area contributed by atoms with Gasteiger partial charge in [0, 0.05) is 18.1 Å². The molecule has 0 aliphatic heterocycles. The minimum atomic E-state index is -0.671. The van der Waals surface area contributed by atoms with E-state index in [0.29, 0.717) is 0 Å². The van der Waals surface area contributed by atoms with Crippen LogP contribution >= 0.6 is 24.8 Å². The van der Waals surface area contributed by atoms with E-state index < -0.39 is 5.54 Å². The van der Waals surface area contributed by atoms with Crippen molar-refractivity contribution in [3.8, 4) is 0 Å². The summed E-state index contributed by atoms with van der Waals surface area (Å²) in [5.74, 6) is -0.0701. The lowest BCUT2D eigenvalue weighted by atomic mass is 9.98. The molecule has 18 heavy (non-hydrogen) atoms. The minimum Gasteiger partial charge on any atom is -0.324 e. The molecule has 0 spiro atoms. The number of nitrogens with one attached hydrogen (secondary N) is 1. The third kappa shape index (κ3) is 3.57.